The van der Waals surface area contributed by atoms with Crippen LogP contribution >= 0.6 is 7.82 Å². The summed E-state index contributed by atoms with van der Waals surface area (Å²) in [7, 11) is -4.64. The van der Waals surface area contributed by atoms with Crippen LogP contribution in [-0.2, 0) is 4.57 Å². The number of hydrogen-bond donors (Lipinski definition) is 5. The van der Waals surface area contributed by atoms with Gasteiger partial charge in [-0.1, -0.05) is 0 Å². The molecule has 0 aromatic carbocycles. The zero-order valence-electron chi connectivity index (χ0n) is 5.09. The Kier molecular flexibility index (Phi) is 17.7. The van der Waals surface area contributed by atoms with E-state index in [0.717, 1.165) is 0 Å². The van der Waals surface area contributed by atoms with Crippen molar-refractivity contribution < 1.29 is 82.6 Å². The Labute approximate surface area is 89.2 Å². The monoisotopic (exact) mass is 172 g/mol. The Balaban J connectivity index is -0.0000000286. The molecule has 0 fully saturated rings. The third kappa shape index (κ3) is 123. The summed E-state index contributed by atoms with van der Waals surface area (Å²) in [5.74, 6) is 0. The van der Waals surface area contributed by atoms with Crippen LogP contribution in [0.3, 0.4) is 0 Å². The van der Waals surface area contributed by atoms with Crippen molar-refractivity contribution in [1.82, 2.24) is 0 Å². The molecule has 8 heteroatoms. The third-order valence-corrected chi connectivity index (χ3v) is 0. The summed E-state index contributed by atoms with van der Waals surface area (Å²) in [5.41, 5.74) is 0. The molecule has 6 nitrogen and oxygen atoms in total. The van der Waals surface area contributed by atoms with Crippen LogP contribution in [0.2, 0.25) is 0 Å². The zero-order chi connectivity index (χ0) is 6.50. The quantitative estimate of drug-likeness (QED) is 0.111. The topological polar surface area (TPSA) is 118 Å². The summed E-state index contributed by atoms with van der Waals surface area (Å²) in [6.45, 7) is 0. The number of phosphoric acid groups is 1. The summed E-state index contributed by atoms with van der Waals surface area (Å²) in [4.78, 5) is 21.6. The van der Waals surface area contributed by atoms with E-state index in [0.29, 0.717) is 0 Å². The fraction of sp³-hybridized carbons (Fsp3) is 0. The van der Waals surface area contributed by atoms with Crippen LogP contribution in [0.25, 0.3) is 0 Å². The van der Waals surface area contributed by atoms with Crippen molar-refractivity contribution in [3.63, 3.8) is 0 Å². The second-order valence-electron chi connectivity index (χ2n) is 0.513. The van der Waals surface area contributed by atoms with Crippen LogP contribution in [-0.4, -0.2) is 25.2 Å². The van der Waals surface area contributed by atoms with Gasteiger partial charge in [-0.25, -0.2) is 4.57 Å². The van der Waals surface area contributed by atoms with Crippen molar-refractivity contribution in [2.75, 3.05) is 0 Å². The maximum atomic E-state index is 8.88. The van der Waals surface area contributed by atoms with Crippen molar-refractivity contribution in [1.29, 1.82) is 0 Å². The Morgan fingerprint density at radius 3 is 1.12 bits per heavy atom. The van der Waals surface area contributed by atoms with Gasteiger partial charge in [0, 0.05) is 0 Å². The van der Waals surface area contributed by atoms with Gasteiger partial charge >= 0.3 is 59.2 Å². The SMILES string of the molecule is O=P(O)(O)O.OO.[H-].[K+]. The molecule has 0 saturated heterocycles. The van der Waals surface area contributed by atoms with E-state index in [9.17, 15) is 0 Å². The van der Waals surface area contributed by atoms with Gasteiger partial charge in [-0.2, -0.15) is 0 Å². The average molecular weight is 172 g/mol. The fourth-order valence-corrected chi connectivity index (χ4v) is 0. The first-order valence-corrected chi connectivity index (χ1v) is 2.55. The van der Waals surface area contributed by atoms with Crippen LogP contribution in [0.15, 0.2) is 0 Å². The van der Waals surface area contributed by atoms with Crippen molar-refractivity contribution in [2.24, 2.45) is 0 Å². The van der Waals surface area contributed by atoms with E-state index in [2.05, 4.69) is 0 Å². The van der Waals surface area contributed by atoms with Gasteiger partial charge in [-0.15, -0.1) is 0 Å². The van der Waals surface area contributed by atoms with Crippen molar-refractivity contribution in [3.8, 4) is 0 Å². The molecule has 0 aliphatic heterocycles. The van der Waals surface area contributed by atoms with E-state index in [4.69, 9.17) is 29.8 Å². The van der Waals surface area contributed by atoms with Crippen molar-refractivity contribution in [3.05, 3.63) is 0 Å². The Morgan fingerprint density at radius 1 is 1.12 bits per heavy atom. The molecule has 0 unspecified atom stereocenters. The summed E-state index contributed by atoms with van der Waals surface area (Å²) < 4.78 is 8.88. The molecule has 48 valence electrons. The normalized spacial score (nSPS) is 8.12. The van der Waals surface area contributed by atoms with E-state index in [-0.39, 0.29) is 52.8 Å². The van der Waals surface area contributed by atoms with Gasteiger partial charge in [0.05, 0.1) is 0 Å². The Hall–Kier alpha value is 1.67. The van der Waals surface area contributed by atoms with Crippen LogP contribution in [0.5, 0.6) is 0 Å². The maximum Gasteiger partial charge on any atom is 1.00 e. The van der Waals surface area contributed by atoms with Crippen LogP contribution in [0, 0.1) is 0 Å². The molecule has 0 bridgehead atoms. The molecule has 0 rings (SSSR count). The summed E-state index contributed by atoms with van der Waals surface area (Å²) in [5, 5.41) is 12.0. The third-order valence-electron chi connectivity index (χ3n) is 0. The summed E-state index contributed by atoms with van der Waals surface area (Å²) >= 11 is 0. The fourth-order valence-electron chi connectivity index (χ4n) is 0. The van der Waals surface area contributed by atoms with Gasteiger partial charge in [0.15, 0.2) is 0 Å². The smallest absolute Gasteiger partial charge is 1.00 e. The molecule has 0 aromatic rings. The van der Waals surface area contributed by atoms with Gasteiger partial charge in [0.2, 0.25) is 0 Å². The molecular formula is H6KO6P. The molecule has 0 atom stereocenters. The Morgan fingerprint density at radius 2 is 1.12 bits per heavy atom. The number of rotatable bonds is 0. The van der Waals surface area contributed by atoms with E-state index >= 15 is 0 Å². The molecule has 0 heterocycles. The second kappa shape index (κ2) is 8.67. The first-order chi connectivity index (χ1) is 3.00. The summed E-state index contributed by atoms with van der Waals surface area (Å²) in [6, 6.07) is 0. The van der Waals surface area contributed by atoms with Crippen LogP contribution < -0.4 is 51.4 Å². The molecule has 0 aliphatic rings. The minimum Gasteiger partial charge on any atom is -1.00 e. The molecule has 5 N–H and O–H groups in total. The minimum absolute atomic E-state index is 0. The molecular weight excluding hydrogens is 166 g/mol. The zero-order valence-corrected chi connectivity index (χ0v) is 8.11. The standard InChI is InChI=1S/K.H3O4P.H2O2.H/c;1-5(2,3)4;1-2;/h;(H3,1,2,3,4);1-2H;/q+1;;;-1. The van der Waals surface area contributed by atoms with E-state index < -0.39 is 7.82 Å². The average Bonchev–Trinajstić information content (AvgIpc) is 1.36. The second-order valence-corrected chi connectivity index (χ2v) is 1.54. The van der Waals surface area contributed by atoms with Gasteiger partial charge in [0.1, 0.15) is 0 Å². The predicted octanol–water partition coefficient (Wildman–Crippen LogP) is -3.79. The minimum atomic E-state index is -4.64. The maximum absolute atomic E-state index is 8.88. The largest absolute Gasteiger partial charge is 1.00 e. The van der Waals surface area contributed by atoms with E-state index in [1.165, 1.54) is 0 Å². The van der Waals surface area contributed by atoms with E-state index in [1.54, 1.807) is 0 Å². The molecule has 0 spiro atoms. The molecule has 0 aromatic heterocycles. The van der Waals surface area contributed by atoms with Crippen LogP contribution in [0.1, 0.15) is 1.43 Å². The first kappa shape index (κ1) is 16.3. The molecule has 0 amide bonds. The van der Waals surface area contributed by atoms with Gasteiger partial charge in [-0.05, 0) is 0 Å². The molecule has 0 radical (unpaired) electrons. The molecule has 0 saturated carbocycles. The van der Waals surface area contributed by atoms with Gasteiger partial charge < -0.3 is 16.1 Å². The van der Waals surface area contributed by atoms with E-state index in [1.807, 2.05) is 0 Å². The molecule has 0 aliphatic carbocycles. The number of hydrogen-bond acceptors (Lipinski definition) is 3. The van der Waals surface area contributed by atoms with Gasteiger partial charge in [0.25, 0.3) is 0 Å². The van der Waals surface area contributed by atoms with Crippen LogP contribution in [0.4, 0.5) is 0 Å². The molecule has 8 heavy (non-hydrogen) atoms. The Bertz CT molecular complexity index is 59.2. The summed E-state index contributed by atoms with van der Waals surface area (Å²) in [6.07, 6.45) is 0. The van der Waals surface area contributed by atoms with Crippen molar-refractivity contribution >= 4 is 7.82 Å². The van der Waals surface area contributed by atoms with Crippen molar-refractivity contribution in [2.45, 2.75) is 0 Å². The first-order valence-electron chi connectivity index (χ1n) is 0.983. The van der Waals surface area contributed by atoms with Gasteiger partial charge in [-0.3, -0.25) is 10.5 Å². The predicted molar refractivity (Wildman–Crippen MR) is 20.6 cm³/mol.